The van der Waals surface area contributed by atoms with Crippen molar-refractivity contribution < 1.29 is 0 Å². The molecule has 1 heteroatoms. The van der Waals surface area contributed by atoms with Gasteiger partial charge in [-0.1, -0.05) is 170 Å². The van der Waals surface area contributed by atoms with Gasteiger partial charge in [-0.05, 0) is 119 Å². The second-order valence-electron chi connectivity index (χ2n) is 13.7. The first kappa shape index (κ1) is 30.8. The third-order valence-corrected chi connectivity index (χ3v) is 10.6. The molecule has 0 heterocycles. The van der Waals surface area contributed by atoms with Crippen LogP contribution in [-0.4, -0.2) is 0 Å². The molecule has 10 aromatic rings. The molecule has 0 aliphatic carbocycles. The molecule has 0 bridgehead atoms. The molecule has 0 aliphatic heterocycles. The minimum absolute atomic E-state index is 1.11. The van der Waals surface area contributed by atoms with E-state index in [2.05, 4.69) is 217 Å². The van der Waals surface area contributed by atoms with Crippen LogP contribution in [0.1, 0.15) is 0 Å². The number of hydrogen-bond acceptors (Lipinski definition) is 1. The van der Waals surface area contributed by atoms with E-state index in [1.54, 1.807) is 0 Å². The first-order valence-corrected chi connectivity index (χ1v) is 18.3. The highest BCUT2D eigenvalue weighted by Crippen LogP contribution is 2.43. The zero-order valence-corrected chi connectivity index (χ0v) is 29.2. The van der Waals surface area contributed by atoms with Crippen LogP contribution in [0.5, 0.6) is 0 Å². The SMILES string of the molecule is c1ccc(-c2ccc(N(c3ccc(-c4ccccc4)cc3)c3cccc(-c4cc5ccccc5c5c4ccc4ccc6ccccc6c45)c3)cc2)cc1. The summed E-state index contributed by atoms with van der Waals surface area (Å²) >= 11 is 0. The smallest absolute Gasteiger partial charge is 0.0467 e. The summed E-state index contributed by atoms with van der Waals surface area (Å²) in [4.78, 5) is 2.37. The Morgan fingerprint density at radius 1 is 0.245 bits per heavy atom. The summed E-state index contributed by atoms with van der Waals surface area (Å²) in [7, 11) is 0. The van der Waals surface area contributed by atoms with Crippen molar-refractivity contribution in [3.8, 4) is 33.4 Å². The molecule has 0 aliphatic rings. The molecular formula is C52H35N. The Morgan fingerprint density at radius 2 is 0.736 bits per heavy atom. The lowest BCUT2D eigenvalue weighted by Crippen LogP contribution is -2.10. The molecule has 10 aromatic carbocycles. The molecule has 0 saturated carbocycles. The third-order valence-electron chi connectivity index (χ3n) is 10.6. The van der Waals surface area contributed by atoms with E-state index in [-0.39, 0.29) is 0 Å². The zero-order chi connectivity index (χ0) is 35.1. The Balaban J connectivity index is 1.16. The van der Waals surface area contributed by atoms with E-state index in [9.17, 15) is 0 Å². The lowest BCUT2D eigenvalue weighted by molar-refractivity contribution is 1.28. The van der Waals surface area contributed by atoms with Gasteiger partial charge in [-0.25, -0.2) is 0 Å². The van der Waals surface area contributed by atoms with E-state index >= 15 is 0 Å². The molecule has 0 saturated heterocycles. The lowest BCUT2D eigenvalue weighted by atomic mass is 9.88. The van der Waals surface area contributed by atoms with Crippen LogP contribution >= 0.6 is 0 Å². The van der Waals surface area contributed by atoms with Gasteiger partial charge in [-0.2, -0.15) is 0 Å². The predicted molar refractivity (Wildman–Crippen MR) is 227 cm³/mol. The summed E-state index contributed by atoms with van der Waals surface area (Å²) in [6.45, 7) is 0. The van der Waals surface area contributed by atoms with Crippen molar-refractivity contribution in [3.05, 3.63) is 212 Å². The molecule has 0 aromatic heterocycles. The van der Waals surface area contributed by atoms with Gasteiger partial charge in [0.05, 0.1) is 0 Å². The van der Waals surface area contributed by atoms with E-state index in [0.29, 0.717) is 0 Å². The number of anilines is 3. The van der Waals surface area contributed by atoms with Crippen molar-refractivity contribution in [1.82, 2.24) is 0 Å². The molecule has 0 amide bonds. The van der Waals surface area contributed by atoms with E-state index in [0.717, 1.165) is 17.1 Å². The van der Waals surface area contributed by atoms with Crippen LogP contribution in [0.3, 0.4) is 0 Å². The first-order valence-electron chi connectivity index (χ1n) is 18.3. The molecule has 0 unspecified atom stereocenters. The highest BCUT2D eigenvalue weighted by Gasteiger charge is 2.17. The summed E-state index contributed by atoms with van der Waals surface area (Å²) < 4.78 is 0. The Morgan fingerprint density at radius 3 is 1.38 bits per heavy atom. The second kappa shape index (κ2) is 13.0. The molecular weight excluding hydrogens is 639 g/mol. The molecule has 0 radical (unpaired) electrons. The average Bonchev–Trinajstić information content (AvgIpc) is 3.24. The van der Waals surface area contributed by atoms with Crippen LogP contribution < -0.4 is 4.90 Å². The van der Waals surface area contributed by atoms with Gasteiger partial charge in [-0.3, -0.25) is 0 Å². The number of nitrogens with zero attached hydrogens (tertiary/aromatic N) is 1. The topological polar surface area (TPSA) is 3.24 Å². The summed E-state index contributed by atoms with van der Waals surface area (Å²) in [6.07, 6.45) is 0. The maximum absolute atomic E-state index is 2.38. The van der Waals surface area contributed by atoms with Crippen LogP contribution in [-0.2, 0) is 0 Å². The van der Waals surface area contributed by atoms with Gasteiger partial charge in [0.25, 0.3) is 0 Å². The normalized spacial score (nSPS) is 11.4. The largest absolute Gasteiger partial charge is 0.310 e. The number of benzene rings is 10. The molecule has 0 N–H and O–H groups in total. The average molecular weight is 674 g/mol. The summed E-state index contributed by atoms with van der Waals surface area (Å²) in [5.74, 6) is 0. The molecule has 248 valence electrons. The minimum Gasteiger partial charge on any atom is -0.310 e. The zero-order valence-electron chi connectivity index (χ0n) is 29.2. The maximum atomic E-state index is 2.38. The van der Waals surface area contributed by atoms with Crippen molar-refractivity contribution in [2.75, 3.05) is 4.90 Å². The Labute approximate surface area is 309 Å². The molecule has 1 nitrogen and oxygen atoms in total. The van der Waals surface area contributed by atoms with Crippen molar-refractivity contribution >= 4 is 60.2 Å². The lowest BCUT2D eigenvalue weighted by Gasteiger charge is -2.26. The van der Waals surface area contributed by atoms with Crippen molar-refractivity contribution in [3.63, 3.8) is 0 Å². The summed E-state index contributed by atoms with van der Waals surface area (Å²) in [6, 6.07) is 77.2. The van der Waals surface area contributed by atoms with Gasteiger partial charge >= 0.3 is 0 Å². The van der Waals surface area contributed by atoms with Crippen molar-refractivity contribution in [2.24, 2.45) is 0 Å². The predicted octanol–water partition coefficient (Wildman–Crippen LogP) is 14.8. The van der Waals surface area contributed by atoms with Crippen molar-refractivity contribution in [2.45, 2.75) is 0 Å². The fourth-order valence-electron chi connectivity index (χ4n) is 8.05. The Kier molecular flexibility index (Phi) is 7.55. The highest BCUT2D eigenvalue weighted by atomic mass is 15.1. The van der Waals surface area contributed by atoms with Gasteiger partial charge in [0.2, 0.25) is 0 Å². The van der Waals surface area contributed by atoms with E-state index < -0.39 is 0 Å². The van der Waals surface area contributed by atoms with Crippen LogP contribution in [0.25, 0.3) is 76.5 Å². The molecule has 0 atom stereocenters. The quantitative estimate of drug-likeness (QED) is 0.159. The number of hydrogen-bond donors (Lipinski definition) is 0. The van der Waals surface area contributed by atoms with Crippen LogP contribution in [0.4, 0.5) is 17.1 Å². The van der Waals surface area contributed by atoms with Gasteiger partial charge in [0.1, 0.15) is 0 Å². The molecule has 0 fully saturated rings. The van der Waals surface area contributed by atoms with E-state index in [1.165, 1.54) is 76.5 Å². The summed E-state index contributed by atoms with van der Waals surface area (Å²) in [5, 5.41) is 10.2. The monoisotopic (exact) mass is 673 g/mol. The standard InChI is InChI=1S/C52H35N/c1-3-12-36(13-4-1)38-24-29-44(30-25-38)53(45-31-26-39(27-32-45)37-14-5-2-6-15-37)46-19-11-18-42(34-46)50-35-43-17-8-10-21-48(43)52-49(50)33-28-41-23-22-40-16-7-9-20-47(40)51(41)52/h1-35H. The fourth-order valence-corrected chi connectivity index (χ4v) is 8.05. The van der Waals surface area contributed by atoms with Gasteiger partial charge in [0.15, 0.2) is 0 Å². The minimum atomic E-state index is 1.11. The van der Waals surface area contributed by atoms with E-state index in [1.807, 2.05) is 0 Å². The maximum Gasteiger partial charge on any atom is 0.0467 e. The fraction of sp³-hybridized carbons (Fsp3) is 0. The first-order chi connectivity index (χ1) is 26.3. The summed E-state index contributed by atoms with van der Waals surface area (Å²) in [5.41, 5.74) is 10.6. The number of fused-ring (bicyclic) bond motifs is 7. The van der Waals surface area contributed by atoms with Crippen LogP contribution in [0.15, 0.2) is 212 Å². The number of rotatable bonds is 6. The van der Waals surface area contributed by atoms with E-state index in [4.69, 9.17) is 0 Å². The third kappa shape index (κ3) is 5.51. The van der Waals surface area contributed by atoms with Crippen molar-refractivity contribution in [1.29, 1.82) is 0 Å². The molecule has 0 spiro atoms. The van der Waals surface area contributed by atoms with Gasteiger partial charge in [-0.15, -0.1) is 0 Å². The van der Waals surface area contributed by atoms with Crippen LogP contribution in [0, 0.1) is 0 Å². The Hall–Kier alpha value is -6.96. The van der Waals surface area contributed by atoms with Gasteiger partial charge < -0.3 is 4.90 Å². The molecule has 53 heavy (non-hydrogen) atoms. The van der Waals surface area contributed by atoms with Crippen LogP contribution in [0.2, 0.25) is 0 Å². The van der Waals surface area contributed by atoms with Gasteiger partial charge in [0, 0.05) is 17.1 Å². The Bertz CT molecular complexity index is 2830. The highest BCUT2D eigenvalue weighted by molar-refractivity contribution is 6.29. The second-order valence-corrected chi connectivity index (χ2v) is 13.7. The molecule has 10 rings (SSSR count).